The standard InChI is InChI=1S/C21H21N3O8/c1-13(20(25)22-15-3-5-18-19(11-15)31-12-30-18)32-21(26)14-2-4-16(17(10-14)24(27)28)23-6-8-29-9-7-23/h2-5,10-11,13H,6-9,12H2,1H3,(H,22,25)/t13-/m1/s1. The van der Waals surface area contributed by atoms with Gasteiger partial charge in [0.25, 0.3) is 11.6 Å². The van der Waals surface area contributed by atoms with Gasteiger partial charge in [0.15, 0.2) is 17.6 Å². The van der Waals surface area contributed by atoms with E-state index in [0.717, 1.165) is 6.07 Å². The number of carbonyl (C=O) groups excluding carboxylic acids is 2. The van der Waals surface area contributed by atoms with E-state index < -0.39 is 22.9 Å². The number of benzene rings is 2. The van der Waals surface area contributed by atoms with Crippen molar-refractivity contribution in [1.82, 2.24) is 0 Å². The molecule has 0 saturated carbocycles. The molecular weight excluding hydrogens is 422 g/mol. The molecule has 2 heterocycles. The minimum atomic E-state index is -1.13. The van der Waals surface area contributed by atoms with Crippen molar-refractivity contribution in [2.75, 3.05) is 43.3 Å². The zero-order chi connectivity index (χ0) is 22.7. The maximum Gasteiger partial charge on any atom is 0.339 e. The van der Waals surface area contributed by atoms with E-state index in [1.165, 1.54) is 19.1 Å². The zero-order valence-electron chi connectivity index (χ0n) is 17.2. The maximum absolute atomic E-state index is 12.5. The summed E-state index contributed by atoms with van der Waals surface area (Å²) in [6, 6.07) is 9.01. The van der Waals surface area contributed by atoms with Gasteiger partial charge in [0, 0.05) is 30.9 Å². The van der Waals surface area contributed by atoms with Gasteiger partial charge in [0.05, 0.1) is 23.7 Å². The number of nitro benzene ring substituents is 1. The van der Waals surface area contributed by atoms with Crippen LogP contribution in [0, 0.1) is 10.1 Å². The lowest BCUT2D eigenvalue weighted by atomic mass is 10.1. The van der Waals surface area contributed by atoms with E-state index in [2.05, 4.69) is 5.32 Å². The van der Waals surface area contributed by atoms with Gasteiger partial charge in [-0.3, -0.25) is 14.9 Å². The van der Waals surface area contributed by atoms with E-state index in [1.54, 1.807) is 18.2 Å². The fraction of sp³-hybridized carbons (Fsp3) is 0.333. The average Bonchev–Trinajstić information content (AvgIpc) is 3.27. The van der Waals surface area contributed by atoms with E-state index in [-0.39, 0.29) is 18.0 Å². The third-order valence-electron chi connectivity index (χ3n) is 5.05. The topological polar surface area (TPSA) is 129 Å². The van der Waals surface area contributed by atoms with Crippen LogP contribution in [-0.2, 0) is 14.3 Å². The van der Waals surface area contributed by atoms with Crippen molar-refractivity contribution < 1.29 is 33.5 Å². The Bertz CT molecular complexity index is 1050. The van der Waals surface area contributed by atoms with Crippen molar-refractivity contribution in [3.05, 3.63) is 52.1 Å². The first-order chi connectivity index (χ1) is 15.4. The summed E-state index contributed by atoms with van der Waals surface area (Å²) >= 11 is 0. The maximum atomic E-state index is 12.5. The molecule has 2 aliphatic heterocycles. The first-order valence-corrected chi connectivity index (χ1v) is 9.95. The molecule has 1 atom stereocenters. The highest BCUT2D eigenvalue weighted by atomic mass is 16.7. The van der Waals surface area contributed by atoms with Crippen LogP contribution in [0.2, 0.25) is 0 Å². The summed E-state index contributed by atoms with van der Waals surface area (Å²) in [5.74, 6) is -0.323. The number of morpholine rings is 1. The SMILES string of the molecule is C[C@@H](OC(=O)c1ccc(N2CCOCC2)c([N+](=O)[O-])c1)C(=O)Nc1ccc2c(c1)OCO2. The average molecular weight is 443 g/mol. The first-order valence-electron chi connectivity index (χ1n) is 9.95. The molecule has 0 aliphatic carbocycles. The molecule has 1 N–H and O–H groups in total. The van der Waals surface area contributed by atoms with Crippen LogP contribution in [0.4, 0.5) is 17.1 Å². The summed E-state index contributed by atoms with van der Waals surface area (Å²) in [4.78, 5) is 37.8. The highest BCUT2D eigenvalue weighted by Crippen LogP contribution is 2.34. The summed E-state index contributed by atoms with van der Waals surface area (Å²) in [5, 5.41) is 14.2. The number of fused-ring (bicyclic) bond motifs is 1. The number of anilines is 2. The Morgan fingerprint density at radius 3 is 2.62 bits per heavy atom. The number of nitrogens with one attached hydrogen (secondary N) is 1. The van der Waals surface area contributed by atoms with Gasteiger partial charge in [0.2, 0.25) is 6.79 Å². The smallest absolute Gasteiger partial charge is 0.339 e. The second-order valence-corrected chi connectivity index (χ2v) is 7.16. The van der Waals surface area contributed by atoms with Crippen LogP contribution in [-0.4, -0.2) is 56.0 Å². The molecule has 2 aromatic rings. The van der Waals surface area contributed by atoms with E-state index in [1.807, 2.05) is 4.90 Å². The lowest BCUT2D eigenvalue weighted by molar-refractivity contribution is -0.384. The van der Waals surface area contributed by atoms with Crippen molar-refractivity contribution in [3.8, 4) is 11.5 Å². The predicted molar refractivity (Wildman–Crippen MR) is 112 cm³/mol. The molecule has 2 aromatic carbocycles. The monoisotopic (exact) mass is 443 g/mol. The van der Waals surface area contributed by atoms with Gasteiger partial charge in [-0.2, -0.15) is 0 Å². The van der Waals surface area contributed by atoms with Gasteiger partial charge in [0.1, 0.15) is 5.69 Å². The molecule has 2 aliphatic rings. The molecule has 1 saturated heterocycles. The molecule has 0 bridgehead atoms. The summed E-state index contributed by atoms with van der Waals surface area (Å²) < 4.78 is 21.0. The fourth-order valence-electron chi connectivity index (χ4n) is 3.37. The summed E-state index contributed by atoms with van der Waals surface area (Å²) in [7, 11) is 0. The van der Waals surface area contributed by atoms with Crippen molar-refractivity contribution in [2.24, 2.45) is 0 Å². The Kier molecular flexibility index (Phi) is 6.08. The molecule has 168 valence electrons. The Morgan fingerprint density at radius 2 is 1.88 bits per heavy atom. The number of amides is 1. The molecule has 0 radical (unpaired) electrons. The Labute approximate surface area is 183 Å². The quantitative estimate of drug-likeness (QED) is 0.406. The summed E-state index contributed by atoms with van der Waals surface area (Å²) in [6.45, 7) is 3.49. The molecule has 0 spiro atoms. The third kappa shape index (κ3) is 4.57. The number of rotatable bonds is 6. The Morgan fingerprint density at radius 1 is 1.12 bits per heavy atom. The lowest BCUT2D eigenvalue weighted by Gasteiger charge is -2.28. The van der Waals surface area contributed by atoms with Gasteiger partial charge >= 0.3 is 5.97 Å². The molecule has 0 aromatic heterocycles. The number of carbonyl (C=O) groups is 2. The minimum Gasteiger partial charge on any atom is -0.454 e. The highest BCUT2D eigenvalue weighted by Gasteiger charge is 2.26. The second kappa shape index (κ2) is 9.10. The number of esters is 1. The summed E-state index contributed by atoms with van der Waals surface area (Å²) in [5.41, 5.74) is 0.631. The molecular formula is C21H21N3O8. The normalized spacial score (nSPS) is 15.7. The van der Waals surface area contributed by atoms with Crippen LogP contribution >= 0.6 is 0 Å². The van der Waals surface area contributed by atoms with E-state index in [4.69, 9.17) is 18.9 Å². The van der Waals surface area contributed by atoms with Gasteiger partial charge in [-0.25, -0.2) is 4.79 Å². The van der Waals surface area contributed by atoms with Crippen LogP contribution < -0.4 is 19.7 Å². The van der Waals surface area contributed by atoms with Crippen molar-refractivity contribution >= 4 is 28.9 Å². The number of nitro groups is 1. The third-order valence-corrected chi connectivity index (χ3v) is 5.05. The van der Waals surface area contributed by atoms with E-state index in [0.29, 0.717) is 49.2 Å². The molecule has 1 amide bonds. The molecule has 11 nitrogen and oxygen atoms in total. The largest absolute Gasteiger partial charge is 0.454 e. The van der Waals surface area contributed by atoms with E-state index in [9.17, 15) is 19.7 Å². The molecule has 32 heavy (non-hydrogen) atoms. The van der Waals surface area contributed by atoms with Crippen LogP contribution in [0.15, 0.2) is 36.4 Å². The van der Waals surface area contributed by atoms with Crippen LogP contribution in [0.25, 0.3) is 0 Å². The van der Waals surface area contributed by atoms with Crippen LogP contribution in [0.5, 0.6) is 11.5 Å². The lowest BCUT2D eigenvalue weighted by Crippen LogP contribution is -2.36. The molecule has 1 fully saturated rings. The van der Waals surface area contributed by atoms with Crippen LogP contribution in [0.1, 0.15) is 17.3 Å². The van der Waals surface area contributed by atoms with Crippen molar-refractivity contribution in [3.63, 3.8) is 0 Å². The number of hydrogen-bond acceptors (Lipinski definition) is 9. The Balaban J connectivity index is 1.42. The van der Waals surface area contributed by atoms with Gasteiger partial charge in [-0.1, -0.05) is 0 Å². The second-order valence-electron chi connectivity index (χ2n) is 7.16. The minimum absolute atomic E-state index is 0.0172. The highest BCUT2D eigenvalue weighted by molar-refractivity contribution is 5.98. The number of nitrogens with zero attached hydrogens (tertiary/aromatic N) is 2. The van der Waals surface area contributed by atoms with Crippen molar-refractivity contribution in [1.29, 1.82) is 0 Å². The molecule has 4 rings (SSSR count). The number of hydrogen-bond donors (Lipinski definition) is 1. The van der Waals surface area contributed by atoms with Gasteiger partial charge < -0.3 is 29.2 Å². The molecule has 0 unspecified atom stereocenters. The molecule has 11 heteroatoms. The Hall–Kier alpha value is -3.86. The van der Waals surface area contributed by atoms with Gasteiger partial charge in [-0.05, 0) is 31.2 Å². The van der Waals surface area contributed by atoms with E-state index >= 15 is 0 Å². The predicted octanol–water partition coefficient (Wildman–Crippen LogP) is 2.34. The van der Waals surface area contributed by atoms with Gasteiger partial charge in [-0.15, -0.1) is 0 Å². The first kappa shape index (κ1) is 21.4. The summed E-state index contributed by atoms with van der Waals surface area (Å²) in [6.07, 6.45) is -1.13. The fourth-order valence-corrected chi connectivity index (χ4v) is 3.37. The number of ether oxygens (including phenoxy) is 4. The van der Waals surface area contributed by atoms with Crippen LogP contribution in [0.3, 0.4) is 0 Å². The van der Waals surface area contributed by atoms with Crippen molar-refractivity contribution in [2.45, 2.75) is 13.0 Å². The zero-order valence-corrected chi connectivity index (χ0v) is 17.2.